The molecule has 5 atom stereocenters. The van der Waals surface area contributed by atoms with Crippen LogP contribution in [-0.2, 0) is 25.5 Å². The van der Waals surface area contributed by atoms with Crippen LogP contribution >= 0.6 is 0 Å². The Morgan fingerprint density at radius 2 is 2.05 bits per heavy atom. The number of carbonyl (C=O) groups is 4. The third-order valence-corrected chi connectivity index (χ3v) is 7.02. The van der Waals surface area contributed by atoms with Crippen molar-refractivity contribution in [2.45, 2.75) is 64.7 Å². The highest BCUT2D eigenvalue weighted by Crippen LogP contribution is 2.25. The lowest BCUT2D eigenvalue weighted by Gasteiger charge is -2.30. The first-order chi connectivity index (χ1) is 19.1. The number of aliphatic hydroxyl groups is 2. The minimum atomic E-state index is -1.00. The van der Waals surface area contributed by atoms with Crippen molar-refractivity contribution < 1.29 is 38.5 Å². The average Bonchev–Trinajstić information content (AvgIpc) is 3.59. The van der Waals surface area contributed by atoms with Crippen molar-refractivity contribution in [1.82, 2.24) is 15.2 Å². The summed E-state index contributed by atoms with van der Waals surface area (Å²) in [5.74, 6) is -2.18. The molecule has 0 radical (unpaired) electrons. The highest BCUT2D eigenvalue weighted by atomic mass is 16.5. The van der Waals surface area contributed by atoms with Crippen molar-refractivity contribution in [3.05, 3.63) is 53.3 Å². The molecule has 0 saturated carbocycles. The first-order valence-electron chi connectivity index (χ1n) is 13.6. The number of aromatic nitrogens is 1. The molecule has 11 heteroatoms. The molecule has 2 aliphatic rings. The number of allylic oxidation sites excluding steroid dienone is 2. The van der Waals surface area contributed by atoms with Gasteiger partial charge in [-0.25, -0.2) is 9.78 Å². The molecule has 2 bridgehead atoms. The third kappa shape index (κ3) is 8.54. The van der Waals surface area contributed by atoms with Crippen molar-refractivity contribution >= 4 is 23.9 Å². The Kier molecular flexibility index (Phi) is 11.5. The van der Waals surface area contributed by atoms with Crippen LogP contribution in [0.4, 0.5) is 0 Å². The number of hydrogen-bond acceptors (Lipinski definition) is 10. The average molecular weight is 558 g/mol. The number of hydrogen-bond donors (Lipinski definition) is 3. The number of carbonyl (C=O) groups excluding carboxylic acids is 4. The van der Waals surface area contributed by atoms with Gasteiger partial charge in [-0.1, -0.05) is 43.7 Å². The summed E-state index contributed by atoms with van der Waals surface area (Å²) in [4.78, 5) is 56.3. The fraction of sp³-hybridized carbons (Fsp3) is 0.552. The van der Waals surface area contributed by atoms with E-state index in [9.17, 15) is 29.4 Å². The number of rotatable bonds is 3. The Morgan fingerprint density at radius 1 is 1.27 bits per heavy atom. The van der Waals surface area contributed by atoms with E-state index in [-0.39, 0.29) is 43.4 Å². The zero-order chi connectivity index (χ0) is 29.2. The second-order valence-corrected chi connectivity index (χ2v) is 10.5. The molecular weight excluding hydrogens is 518 g/mol. The number of ether oxygens (including phenoxy) is 1. The van der Waals surface area contributed by atoms with Crippen molar-refractivity contribution in [2.75, 3.05) is 26.2 Å². The third-order valence-electron chi connectivity index (χ3n) is 7.02. The molecule has 1 aromatic rings. The van der Waals surface area contributed by atoms with Crippen LogP contribution in [0.3, 0.4) is 0 Å². The molecule has 0 unspecified atom stereocenters. The molecule has 0 aliphatic carbocycles. The number of amides is 1. The highest BCUT2D eigenvalue weighted by molar-refractivity contribution is 5.95. The second kappa shape index (κ2) is 14.8. The number of nitrogens with zero attached hydrogens (tertiary/aromatic N) is 2. The monoisotopic (exact) mass is 557 g/mol. The van der Waals surface area contributed by atoms with Gasteiger partial charge in [0.25, 0.3) is 5.91 Å². The molecule has 2 aliphatic heterocycles. The van der Waals surface area contributed by atoms with E-state index in [1.165, 1.54) is 4.90 Å². The van der Waals surface area contributed by atoms with Gasteiger partial charge in [-0.15, -0.1) is 0 Å². The van der Waals surface area contributed by atoms with Crippen LogP contribution in [0, 0.1) is 11.8 Å². The van der Waals surface area contributed by atoms with Crippen molar-refractivity contribution in [1.29, 1.82) is 0 Å². The quantitative estimate of drug-likeness (QED) is 0.368. The standard InChI is InChI=1S/C29H39N3O8/c1-18-6-4-8-30-14-21(16-34)11-19(2)27(20(3)15-33)40-29(38)25-7-5-9-32(25)28(37)24-17-39-26(31-24)13-23(36)12-22(35)10-18/h4,6,10-11,16-17,19-20,22,25,27,30,33,35H,5,7-9,12-15H2,1-3H3/b6-4+,18-10+,21-11-/t19-,20-,22-,25-,27+/m1/s1. The van der Waals surface area contributed by atoms with Crippen LogP contribution in [0.2, 0.25) is 0 Å². The molecule has 1 fully saturated rings. The van der Waals surface area contributed by atoms with Crippen LogP contribution in [0.25, 0.3) is 0 Å². The number of nitrogens with one attached hydrogen (secondary N) is 1. The number of esters is 1. The first kappa shape index (κ1) is 31.1. The first-order valence-corrected chi connectivity index (χ1v) is 13.6. The van der Waals surface area contributed by atoms with Crippen molar-refractivity contribution in [3.63, 3.8) is 0 Å². The molecule has 1 amide bonds. The molecule has 3 N–H and O–H groups in total. The summed E-state index contributed by atoms with van der Waals surface area (Å²) < 4.78 is 11.2. The van der Waals surface area contributed by atoms with Crippen LogP contribution in [-0.4, -0.2) is 88.5 Å². The Hall–Kier alpha value is -3.41. The topological polar surface area (TPSA) is 159 Å². The van der Waals surface area contributed by atoms with Crippen LogP contribution in [0.5, 0.6) is 0 Å². The molecule has 218 valence electrons. The van der Waals surface area contributed by atoms with E-state index in [1.807, 2.05) is 13.0 Å². The zero-order valence-electron chi connectivity index (χ0n) is 23.2. The lowest BCUT2D eigenvalue weighted by Crippen LogP contribution is -2.44. The predicted octanol–water partition coefficient (Wildman–Crippen LogP) is 1.55. The predicted molar refractivity (Wildman–Crippen MR) is 145 cm³/mol. The van der Waals surface area contributed by atoms with Crippen LogP contribution < -0.4 is 5.32 Å². The molecule has 0 spiro atoms. The van der Waals surface area contributed by atoms with E-state index >= 15 is 0 Å². The number of Topliss-reactive ketones (excluding diaryl/α,β-unsaturated/α-hetero) is 1. The van der Waals surface area contributed by atoms with E-state index in [0.29, 0.717) is 31.5 Å². The summed E-state index contributed by atoms with van der Waals surface area (Å²) in [7, 11) is 0. The van der Waals surface area contributed by atoms with Gasteiger partial charge in [0.2, 0.25) is 5.89 Å². The summed E-state index contributed by atoms with van der Waals surface area (Å²) in [6.45, 7) is 6.17. The van der Waals surface area contributed by atoms with E-state index in [4.69, 9.17) is 9.15 Å². The van der Waals surface area contributed by atoms with Gasteiger partial charge in [0, 0.05) is 50.1 Å². The fourth-order valence-corrected chi connectivity index (χ4v) is 4.96. The zero-order valence-corrected chi connectivity index (χ0v) is 23.2. The molecule has 1 aromatic heterocycles. The number of cyclic esters (lactones) is 1. The Labute approximate surface area is 234 Å². The maximum Gasteiger partial charge on any atom is 0.329 e. The number of aldehydes is 1. The summed E-state index contributed by atoms with van der Waals surface area (Å²) in [6, 6.07) is -0.843. The molecule has 3 heterocycles. The summed E-state index contributed by atoms with van der Waals surface area (Å²) in [6.07, 6.45) is 7.74. The molecule has 40 heavy (non-hydrogen) atoms. The van der Waals surface area contributed by atoms with Crippen molar-refractivity contribution in [2.24, 2.45) is 11.8 Å². The van der Waals surface area contributed by atoms with Gasteiger partial charge < -0.3 is 29.6 Å². The SMILES string of the molecule is CC1=C\[C@@H](O)CC(=O)Cc2nc(co2)C(=O)N2CCC[C@@H]2C(=O)O[C@H]([C@H](C)CO)[C@H](C)/C=C(\C=O)CNC\C=C\1. The van der Waals surface area contributed by atoms with Gasteiger partial charge in [-0.2, -0.15) is 0 Å². The molecule has 1 saturated heterocycles. The summed E-state index contributed by atoms with van der Waals surface area (Å²) >= 11 is 0. The van der Waals surface area contributed by atoms with Gasteiger partial charge in [0.15, 0.2) is 5.69 Å². The lowest BCUT2D eigenvalue weighted by atomic mass is 9.92. The maximum atomic E-state index is 13.3. The molecule has 3 rings (SSSR count). The van der Waals surface area contributed by atoms with Gasteiger partial charge in [-0.3, -0.25) is 14.4 Å². The molecule has 0 aromatic carbocycles. The maximum absolute atomic E-state index is 13.3. The Balaban J connectivity index is 1.89. The largest absolute Gasteiger partial charge is 0.460 e. The van der Waals surface area contributed by atoms with E-state index in [2.05, 4.69) is 10.3 Å². The number of oxazole rings is 1. The van der Waals surface area contributed by atoms with Crippen molar-refractivity contribution in [3.8, 4) is 0 Å². The van der Waals surface area contributed by atoms with Gasteiger partial charge in [0.1, 0.15) is 30.5 Å². The second-order valence-electron chi connectivity index (χ2n) is 10.5. The van der Waals surface area contributed by atoms with Gasteiger partial charge in [0.05, 0.1) is 12.5 Å². The summed E-state index contributed by atoms with van der Waals surface area (Å²) in [5, 5.41) is 23.3. The fourth-order valence-electron chi connectivity index (χ4n) is 4.96. The summed E-state index contributed by atoms with van der Waals surface area (Å²) in [5.41, 5.74) is 1.19. The van der Waals surface area contributed by atoms with E-state index in [1.54, 1.807) is 32.1 Å². The van der Waals surface area contributed by atoms with E-state index in [0.717, 1.165) is 18.1 Å². The highest BCUT2D eigenvalue weighted by Gasteiger charge is 2.39. The molecular formula is C29H39N3O8. The Morgan fingerprint density at radius 3 is 2.77 bits per heavy atom. The van der Waals surface area contributed by atoms with Gasteiger partial charge in [-0.05, 0) is 19.8 Å². The Bertz CT molecular complexity index is 1150. The number of fused-ring (bicyclic) bond motifs is 3. The van der Waals surface area contributed by atoms with Crippen LogP contribution in [0.1, 0.15) is 56.4 Å². The minimum Gasteiger partial charge on any atom is -0.460 e. The van der Waals surface area contributed by atoms with E-state index < -0.39 is 42.0 Å². The van der Waals surface area contributed by atoms with Gasteiger partial charge >= 0.3 is 5.97 Å². The number of aliphatic hydroxyl groups excluding tert-OH is 2. The normalized spacial score (nSPS) is 30.3. The lowest BCUT2D eigenvalue weighted by molar-refractivity contribution is -0.159. The van der Waals surface area contributed by atoms with Crippen LogP contribution in [0.15, 0.2) is 46.1 Å². The molecule has 11 nitrogen and oxygen atoms in total. The minimum absolute atomic E-state index is 0.0259. The smallest absolute Gasteiger partial charge is 0.329 e. The number of ketones is 1.